The van der Waals surface area contributed by atoms with Gasteiger partial charge in [-0.2, -0.15) is 0 Å². The monoisotopic (exact) mass is 329 g/mol. The molecule has 22 heavy (non-hydrogen) atoms. The number of nitro groups is 1. The van der Waals surface area contributed by atoms with E-state index in [-0.39, 0.29) is 35.3 Å². The van der Waals surface area contributed by atoms with Gasteiger partial charge in [0, 0.05) is 23.7 Å². The molecule has 1 unspecified atom stereocenters. The zero-order valence-electron chi connectivity index (χ0n) is 13.4. The third-order valence-electron chi connectivity index (χ3n) is 3.28. The maximum atomic E-state index is 12.0. The van der Waals surface area contributed by atoms with Crippen LogP contribution < -0.4 is 11.1 Å². The highest BCUT2D eigenvalue weighted by Gasteiger charge is 2.26. The maximum Gasteiger partial charge on any atom is 0.273 e. The Kier molecular flexibility index (Phi) is 7.49. The first kappa shape index (κ1) is 20.3. The summed E-state index contributed by atoms with van der Waals surface area (Å²) in [5.41, 5.74) is 6.01. The van der Waals surface area contributed by atoms with Gasteiger partial charge in [-0.1, -0.05) is 33.8 Å². The predicted octanol–water partition coefficient (Wildman–Crippen LogP) is 2.64. The number of carbonyl (C=O) groups is 1. The van der Waals surface area contributed by atoms with E-state index in [2.05, 4.69) is 5.32 Å². The smallest absolute Gasteiger partial charge is 0.273 e. The number of benzene rings is 1. The van der Waals surface area contributed by atoms with Crippen LogP contribution in [-0.2, 0) is 5.41 Å². The second-order valence-electron chi connectivity index (χ2n) is 6.29. The number of halogens is 1. The highest BCUT2D eigenvalue weighted by Crippen LogP contribution is 2.31. The predicted molar refractivity (Wildman–Crippen MR) is 89.6 cm³/mol. The van der Waals surface area contributed by atoms with Crippen LogP contribution >= 0.6 is 12.4 Å². The van der Waals surface area contributed by atoms with E-state index in [0.29, 0.717) is 24.2 Å². The molecule has 1 aromatic rings. The summed E-state index contributed by atoms with van der Waals surface area (Å²) in [5.74, 6) is -0.156. The van der Waals surface area contributed by atoms with Crippen molar-refractivity contribution in [1.29, 1.82) is 0 Å². The lowest BCUT2D eigenvalue weighted by atomic mass is 9.85. The summed E-state index contributed by atoms with van der Waals surface area (Å²) in [6.45, 7) is 8.55. The SMILES string of the molecule is CC(CN)CNC(=O)c1ccc(C(C)(C)C)c([N+](=O)[O-])c1.Cl. The number of amides is 1. The normalized spacial score (nSPS) is 12.2. The molecule has 0 saturated heterocycles. The number of nitrogens with two attached hydrogens (primary N) is 1. The Hall–Kier alpha value is -1.66. The summed E-state index contributed by atoms with van der Waals surface area (Å²) in [4.78, 5) is 22.8. The molecule has 1 atom stereocenters. The molecule has 0 saturated carbocycles. The molecule has 0 spiro atoms. The number of nitrogens with one attached hydrogen (secondary N) is 1. The van der Waals surface area contributed by atoms with Gasteiger partial charge in [-0.25, -0.2) is 0 Å². The van der Waals surface area contributed by atoms with E-state index >= 15 is 0 Å². The molecule has 0 aliphatic carbocycles. The summed E-state index contributed by atoms with van der Waals surface area (Å²) in [6, 6.07) is 4.61. The maximum absolute atomic E-state index is 12.0. The minimum absolute atomic E-state index is 0. The van der Waals surface area contributed by atoms with E-state index < -0.39 is 4.92 Å². The topological polar surface area (TPSA) is 98.3 Å². The van der Waals surface area contributed by atoms with Crippen molar-refractivity contribution in [2.24, 2.45) is 11.7 Å². The third kappa shape index (κ3) is 5.27. The number of nitrogens with zero attached hydrogens (tertiary/aromatic N) is 1. The van der Waals surface area contributed by atoms with Crippen molar-refractivity contribution in [3.8, 4) is 0 Å². The molecule has 6 nitrogen and oxygen atoms in total. The van der Waals surface area contributed by atoms with E-state index in [0.717, 1.165) is 0 Å². The Balaban J connectivity index is 0.00000441. The van der Waals surface area contributed by atoms with E-state index in [1.54, 1.807) is 12.1 Å². The lowest BCUT2D eigenvalue weighted by Crippen LogP contribution is -2.31. The molecule has 0 aromatic heterocycles. The molecule has 1 amide bonds. The average molecular weight is 330 g/mol. The van der Waals surface area contributed by atoms with Crippen molar-refractivity contribution in [3.63, 3.8) is 0 Å². The number of rotatable bonds is 5. The average Bonchev–Trinajstić information content (AvgIpc) is 2.42. The van der Waals surface area contributed by atoms with Crippen LogP contribution in [-0.4, -0.2) is 23.9 Å². The molecule has 0 heterocycles. The molecule has 0 bridgehead atoms. The van der Waals surface area contributed by atoms with Crippen LogP contribution in [0.3, 0.4) is 0 Å². The lowest BCUT2D eigenvalue weighted by Gasteiger charge is -2.19. The van der Waals surface area contributed by atoms with Crippen LogP contribution in [0.4, 0.5) is 5.69 Å². The molecule has 1 aromatic carbocycles. The first-order chi connectivity index (χ1) is 9.66. The molecule has 1 rings (SSSR count). The van der Waals surface area contributed by atoms with Gasteiger partial charge in [-0.05, 0) is 23.9 Å². The summed E-state index contributed by atoms with van der Waals surface area (Å²) >= 11 is 0. The largest absolute Gasteiger partial charge is 0.352 e. The summed E-state index contributed by atoms with van der Waals surface area (Å²) < 4.78 is 0. The van der Waals surface area contributed by atoms with Crippen molar-refractivity contribution in [2.45, 2.75) is 33.1 Å². The quantitative estimate of drug-likeness (QED) is 0.640. The van der Waals surface area contributed by atoms with Gasteiger partial charge in [-0.15, -0.1) is 12.4 Å². The zero-order valence-corrected chi connectivity index (χ0v) is 14.2. The number of nitro benzene ring substituents is 1. The molecule has 7 heteroatoms. The molecule has 3 N–H and O–H groups in total. The van der Waals surface area contributed by atoms with Crippen molar-refractivity contribution < 1.29 is 9.72 Å². The van der Waals surface area contributed by atoms with Crippen LogP contribution in [0.1, 0.15) is 43.6 Å². The van der Waals surface area contributed by atoms with Gasteiger partial charge in [-0.3, -0.25) is 14.9 Å². The standard InChI is InChI=1S/C15H23N3O3.ClH/c1-10(8-16)9-17-14(19)11-5-6-12(15(2,3)4)13(7-11)18(20)21;/h5-7,10H,8-9,16H2,1-4H3,(H,17,19);1H. The molecule has 0 fully saturated rings. The van der Waals surface area contributed by atoms with Gasteiger partial charge in [0.25, 0.3) is 11.6 Å². The Morgan fingerprint density at radius 2 is 2.00 bits per heavy atom. The molecule has 124 valence electrons. The van der Waals surface area contributed by atoms with E-state index in [1.165, 1.54) is 6.07 Å². The summed E-state index contributed by atoms with van der Waals surface area (Å²) in [6.07, 6.45) is 0. The molecular weight excluding hydrogens is 306 g/mol. The molecule has 0 aliphatic rings. The van der Waals surface area contributed by atoms with Crippen LogP contribution in [0.2, 0.25) is 0 Å². The van der Waals surface area contributed by atoms with Crippen molar-refractivity contribution in [3.05, 3.63) is 39.4 Å². The Morgan fingerprint density at radius 1 is 1.41 bits per heavy atom. The van der Waals surface area contributed by atoms with Crippen LogP contribution in [0.15, 0.2) is 18.2 Å². The first-order valence-corrected chi connectivity index (χ1v) is 6.94. The minimum Gasteiger partial charge on any atom is -0.352 e. The van der Waals surface area contributed by atoms with Crippen LogP contribution in [0.25, 0.3) is 0 Å². The fourth-order valence-electron chi connectivity index (χ4n) is 1.91. The Bertz CT molecular complexity index is 541. The minimum atomic E-state index is -0.445. The van der Waals surface area contributed by atoms with Crippen LogP contribution in [0, 0.1) is 16.0 Å². The first-order valence-electron chi connectivity index (χ1n) is 6.94. The number of hydrogen-bond acceptors (Lipinski definition) is 4. The zero-order chi connectivity index (χ0) is 16.2. The van der Waals surface area contributed by atoms with Crippen molar-refractivity contribution in [2.75, 3.05) is 13.1 Å². The fraction of sp³-hybridized carbons (Fsp3) is 0.533. The van der Waals surface area contributed by atoms with Gasteiger partial charge in [0.1, 0.15) is 0 Å². The second-order valence-corrected chi connectivity index (χ2v) is 6.29. The van der Waals surface area contributed by atoms with Gasteiger partial charge in [0.15, 0.2) is 0 Å². The third-order valence-corrected chi connectivity index (χ3v) is 3.28. The highest BCUT2D eigenvalue weighted by molar-refractivity contribution is 5.95. The van der Waals surface area contributed by atoms with Crippen molar-refractivity contribution >= 4 is 24.0 Å². The summed E-state index contributed by atoms with van der Waals surface area (Å²) in [7, 11) is 0. The van der Waals surface area contributed by atoms with Crippen molar-refractivity contribution in [1.82, 2.24) is 5.32 Å². The second kappa shape index (κ2) is 8.10. The van der Waals surface area contributed by atoms with Gasteiger partial charge in [0.05, 0.1) is 4.92 Å². The summed E-state index contributed by atoms with van der Waals surface area (Å²) in [5, 5.41) is 13.9. The van der Waals surface area contributed by atoms with E-state index in [1.807, 2.05) is 27.7 Å². The Labute approximate surface area is 137 Å². The van der Waals surface area contributed by atoms with E-state index in [9.17, 15) is 14.9 Å². The van der Waals surface area contributed by atoms with Gasteiger partial charge >= 0.3 is 0 Å². The molecular formula is C15H24ClN3O3. The molecule has 0 radical (unpaired) electrons. The highest BCUT2D eigenvalue weighted by atomic mass is 35.5. The van der Waals surface area contributed by atoms with E-state index in [4.69, 9.17) is 5.73 Å². The molecule has 0 aliphatic heterocycles. The van der Waals surface area contributed by atoms with Crippen LogP contribution in [0.5, 0.6) is 0 Å². The number of hydrogen-bond donors (Lipinski definition) is 2. The van der Waals surface area contributed by atoms with Gasteiger partial charge < -0.3 is 11.1 Å². The number of carbonyl (C=O) groups excluding carboxylic acids is 1. The Morgan fingerprint density at radius 3 is 2.45 bits per heavy atom. The lowest BCUT2D eigenvalue weighted by molar-refractivity contribution is -0.386. The fourth-order valence-corrected chi connectivity index (χ4v) is 1.91. The van der Waals surface area contributed by atoms with Gasteiger partial charge in [0.2, 0.25) is 0 Å².